The second-order valence-corrected chi connectivity index (χ2v) is 7.50. The number of likely N-dealkylation sites (tertiary alicyclic amines) is 1. The lowest BCUT2D eigenvalue weighted by molar-refractivity contribution is 0.221. The van der Waals surface area contributed by atoms with Gasteiger partial charge in [-0.25, -0.2) is 9.48 Å². The van der Waals surface area contributed by atoms with Crippen LogP contribution < -0.4 is 5.69 Å². The number of aryl methyl sites for hydroxylation is 1. The van der Waals surface area contributed by atoms with Crippen LogP contribution in [0.4, 0.5) is 0 Å². The highest BCUT2D eigenvalue weighted by Crippen LogP contribution is 2.19. The van der Waals surface area contributed by atoms with Crippen molar-refractivity contribution < 1.29 is 0 Å². The van der Waals surface area contributed by atoms with E-state index in [0.29, 0.717) is 12.2 Å². The Morgan fingerprint density at radius 2 is 1.78 bits per heavy atom. The topological polar surface area (TPSA) is 55.4 Å². The van der Waals surface area contributed by atoms with Crippen molar-refractivity contribution in [3.05, 3.63) is 28.3 Å². The summed E-state index contributed by atoms with van der Waals surface area (Å²) in [7, 11) is 0. The smallest absolute Gasteiger partial charge is 0.303 e. The van der Waals surface area contributed by atoms with Crippen molar-refractivity contribution in [3.63, 3.8) is 0 Å². The van der Waals surface area contributed by atoms with E-state index in [2.05, 4.69) is 35.9 Å². The molecule has 23 heavy (non-hydrogen) atoms. The second-order valence-electron chi connectivity index (χ2n) is 7.50. The largest absolute Gasteiger partial charge is 0.367 e. The molecule has 0 radical (unpaired) electrons. The highest BCUT2D eigenvalue weighted by molar-refractivity contribution is 5.35. The summed E-state index contributed by atoms with van der Waals surface area (Å²) in [6.07, 6.45) is 4.90. The molecule has 0 aromatic carbocycles. The summed E-state index contributed by atoms with van der Waals surface area (Å²) in [6.45, 7) is 10.4. The van der Waals surface area contributed by atoms with E-state index in [0.717, 1.165) is 18.7 Å². The minimum absolute atomic E-state index is 0.0794. The van der Waals surface area contributed by atoms with Crippen LogP contribution in [0, 0.1) is 0 Å². The zero-order valence-electron chi connectivity index (χ0n) is 14.5. The Morgan fingerprint density at radius 3 is 2.48 bits per heavy atom. The van der Waals surface area contributed by atoms with Crippen LogP contribution in [0.5, 0.6) is 0 Å². The molecule has 0 atom stereocenters. The number of rotatable bonds is 4. The third-order valence-corrected chi connectivity index (χ3v) is 4.50. The van der Waals surface area contributed by atoms with Gasteiger partial charge in [0.2, 0.25) is 0 Å². The predicted molar refractivity (Wildman–Crippen MR) is 90.9 cm³/mol. The van der Waals surface area contributed by atoms with Crippen LogP contribution in [0.1, 0.15) is 52.1 Å². The number of piperidine rings is 1. The Kier molecular flexibility index (Phi) is 4.53. The number of aromatic nitrogens is 4. The first-order chi connectivity index (χ1) is 10.9. The van der Waals surface area contributed by atoms with E-state index in [1.54, 1.807) is 4.68 Å². The van der Waals surface area contributed by atoms with Crippen molar-refractivity contribution in [2.75, 3.05) is 19.6 Å². The number of fused-ring (bicyclic) bond motifs is 1. The van der Waals surface area contributed by atoms with Gasteiger partial charge in [0.25, 0.3) is 0 Å². The molecule has 0 N–H and O–H groups in total. The normalized spacial score (nSPS) is 17.0. The van der Waals surface area contributed by atoms with Crippen molar-refractivity contribution in [2.45, 2.75) is 58.4 Å². The Hall–Kier alpha value is -1.69. The molecule has 0 unspecified atom stereocenters. The lowest BCUT2D eigenvalue weighted by Crippen LogP contribution is -2.32. The molecule has 0 aliphatic carbocycles. The first-order valence-electron chi connectivity index (χ1n) is 8.65. The van der Waals surface area contributed by atoms with Gasteiger partial charge in [0.1, 0.15) is 0 Å². The lowest BCUT2D eigenvalue weighted by atomic mass is 9.92. The minimum Gasteiger partial charge on any atom is -0.303 e. The van der Waals surface area contributed by atoms with E-state index in [1.165, 1.54) is 36.9 Å². The fraction of sp³-hybridized carbons (Fsp3) is 0.706. The van der Waals surface area contributed by atoms with E-state index in [4.69, 9.17) is 0 Å². The van der Waals surface area contributed by atoms with E-state index < -0.39 is 0 Å². The van der Waals surface area contributed by atoms with E-state index >= 15 is 0 Å². The van der Waals surface area contributed by atoms with Crippen LogP contribution in [0.2, 0.25) is 0 Å². The van der Waals surface area contributed by atoms with Gasteiger partial charge in [-0.2, -0.15) is 9.61 Å². The molecule has 2 aromatic rings. The maximum atomic E-state index is 12.5. The molecule has 3 rings (SSSR count). The molecule has 6 nitrogen and oxygen atoms in total. The molecule has 3 heterocycles. The predicted octanol–water partition coefficient (Wildman–Crippen LogP) is 2.06. The van der Waals surface area contributed by atoms with Crippen LogP contribution in [0.15, 0.2) is 16.9 Å². The molecule has 6 heteroatoms. The molecule has 2 aromatic heterocycles. The van der Waals surface area contributed by atoms with Crippen molar-refractivity contribution in [1.29, 1.82) is 0 Å². The summed E-state index contributed by atoms with van der Waals surface area (Å²) in [4.78, 5) is 15.0. The maximum absolute atomic E-state index is 12.5. The molecule has 126 valence electrons. The monoisotopic (exact) mass is 317 g/mol. The number of hydrogen-bond acceptors (Lipinski definition) is 4. The van der Waals surface area contributed by atoms with Crippen molar-refractivity contribution >= 4 is 5.65 Å². The number of nitrogens with zero attached hydrogens (tertiary/aromatic N) is 5. The summed E-state index contributed by atoms with van der Waals surface area (Å²) in [5.41, 5.74) is 1.31. The molecule has 0 amide bonds. The van der Waals surface area contributed by atoms with Gasteiger partial charge in [0.05, 0.1) is 5.69 Å². The Balaban J connectivity index is 1.71. The molecule has 1 aliphatic heterocycles. The molecule has 1 fully saturated rings. The third-order valence-electron chi connectivity index (χ3n) is 4.50. The zero-order chi connectivity index (χ0) is 16.4. The molecular weight excluding hydrogens is 290 g/mol. The van der Waals surface area contributed by atoms with Gasteiger partial charge in [-0.15, -0.1) is 5.10 Å². The van der Waals surface area contributed by atoms with Gasteiger partial charge < -0.3 is 4.90 Å². The summed E-state index contributed by atoms with van der Waals surface area (Å²) < 4.78 is 2.99. The molecule has 0 saturated carbocycles. The van der Waals surface area contributed by atoms with Crippen molar-refractivity contribution in [2.24, 2.45) is 0 Å². The van der Waals surface area contributed by atoms with Gasteiger partial charge in [0, 0.05) is 12.0 Å². The zero-order valence-corrected chi connectivity index (χ0v) is 14.5. The minimum atomic E-state index is -0.134. The van der Waals surface area contributed by atoms with E-state index in [-0.39, 0.29) is 11.1 Å². The molecule has 1 saturated heterocycles. The Labute approximate surface area is 137 Å². The maximum Gasteiger partial charge on any atom is 0.367 e. The van der Waals surface area contributed by atoms with Crippen LogP contribution in [-0.2, 0) is 12.0 Å². The van der Waals surface area contributed by atoms with Gasteiger partial charge in [-0.3, -0.25) is 0 Å². The second kappa shape index (κ2) is 6.43. The van der Waals surface area contributed by atoms with Gasteiger partial charge in [0.15, 0.2) is 5.65 Å². The highest BCUT2D eigenvalue weighted by Gasteiger charge is 2.18. The van der Waals surface area contributed by atoms with E-state index in [9.17, 15) is 4.79 Å². The fourth-order valence-corrected chi connectivity index (χ4v) is 3.08. The average Bonchev–Trinajstić information content (AvgIpc) is 2.84. The highest BCUT2D eigenvalue weighted by atomic mass is 16.2. The first-order valence-corrected chi connectivity index (χ1v) is 8.65. The van der Waals surface area contributed by atoms with Crippen molar-refractivity contribution in [1.82, 2.24) is 24.3 Å². The summed E-state index contributed by atoms with van der Waals surface area (Å²) in [6, 6.07) is 3.84. The standard InChI is InChI=1S/C17H27N5O/c1-17(2,3)14-8-9-15-19-21(16(23)22(15)18-14)13-7-12-20-10-5-4-6-11-20/h8-9H,4-7,10-13H2,1-3H3. The first kappa shape index (κ1) is 16.2. The Bertz CT molecular complexity index is 719. The molecular formula is C17H27N5O. The Morgan fingerprint density at radius 1 is 1.04 bits per heavy atom. The van der Waals surface area contributed by atoms with Crippen LogP contribution in [0.3, 0.4) is 0 Å². The molecule has 0 bridgehead atoms. The average molecular weight is 317 g/mol. The summed E-state index contributed by atoms with van der Waals surface area (Å²) >= 11 is 0. The summed E-state index contributed by atoms with van der Waals surface area (Å²) in [5, 5.41) is 8.88. The number of hydrogen-bond donors (Lipinski definition) is 0. The van der Waals surface area contributed by atoms with Crippen LogP contribution in [-0.4, -0.2) is 43.9 Å². The van der Waals surface area contributed by atoms with Crippen molar-refractivity contribution in [3.8, 4) is 0 Å². The van der Waals surface area contributed by atoms with Gasteiger partial charge >= 0.3 is 5.69 Å². The quantitative estimate of drug-likeness (QED) is 0.866. The summed E-state index contributed by atoms with van der Waals surface area (Å²) in [5.74, 6) is 0. The molecule has 0 spiro atoms. The third kappa shape index (κ3) is 3.63. The van der Waals surface area contributed by atoms with Gasteiger partial charge in [-0.05, 0) is 51.0 Å². The van der Waals surface area contributed by atoms with Gasteiger partial charge in [-0.1, -0.05) is 27.2 Å². The lowest BCUT2D eigenvalue weighted by Gasteiger charge is -2.26. The van der Waals surface area contributed by atoms with E-state index in [1.807, 2.05) is 12.1 Å². The molecule has 1 aliphatic rings. The SMILES string of the molecule is CC(C)(C)c1ccc2nn(CCCN3CCCCC3)c(=O)n2n1. The fourth-order valence-electron chi connectivity index (χ4n) is 3.08. The van der Waals surface area contributed by atoms with Crippen LogP contribution in [0.25, 0.3) is 5.65 Å². The van der Waals surface area contributed by atoms with Crippen LogP contribution >= 0.6 is 0 Å².